The Labute approximate surface area is 200 Å². The Kier molecular flexibility index (Phi) is 7.99. The molecular formula is C21H18ClF4N3O6. The number of carbonyl (C=O) groups is 1. The lowest BCUT2D eigenvalue weighted by Crippen LogP contribution is -2.32. The minimum absolute atomic E-state index is 0.0172. The number of halogens is 5. The molecule has 0 fully saturated rings. The maximum atomic E-state index is 14.8. The SMILES string of the molecule is CCOC(=O)COc1ncccc1OC1C=C(n2c(OC)nc(C(F)(F)F)cc2=O)C(F)=CC1Cl. The van der Waals surface area contributed by atoms with Crippen LogP contribution in [-0.4, -0.2) is 52.3 Å². The van der Waals surface area contributed by atoms with E-state index in [1.54, 1.807) is 6.92 Å². The molecule has 0 saturated heterocycles. The predicted octanol–water partition coefficient (Wildman–Crippen LogP) is 3.37. The normalized spacial score (nSPS) is 17.8. The highest BCUT2D eigenvalue weighted by atomic mass is 35.5. The average Bonchev–Trinajstić information content (AvgIpc) is 2.79. The van der Waals surface area contributed by atoms with E-state index in [-0.39, 0.29) is 24.3 Å². The van der Waals surface area contributed by atoms with Gasteiger partial charge in [0.1, 0.15) is 11.9 Å². The van der Waals surface area contributed by atoms with Gasteiger partial charge in [0.05, 0.1) is 24.8 Å². The third kappa shape index (κ3) is 6.10. The number of aromatic nitrogens is 3. The first-order valence-electron chi connectivity index (χ1n) is 9.94. The molecule has 0 bridgehead atoms. The van der Waals surface area contributed by atoms with Crippen molar-refractivity contribution in [1.29, 1.82) is 0 Å². The molecular weight excluding hydrogens is 502 g/mol. The van der Waals surface area contributed by atoms with Crippen LogP contribution in [0.2, 0.25) is 0 Å². The number of nitrogens with zero attached hydrogens (tertiary/aromatic N) is 3. The third-order valence-electron chi connectivity index (χ3n) is 4.42. The summed E-state index contributed by atoms with van der Waals surface area (Å²) in [5, 5.41) is -1.10. The van der Waals surface area contributed by atoms with Crippen LogP contribution in [-0.2, 0) is 15.7 Å². The monoisotopic (exact) mass is 519 g/mol. The summed E-state index contributed by atoms with van der Waals surface area (Å²) in [6, 6.07) is 2.34. The lowest BCUT2D eigenvalue weighted by molar-refractivity contribution is -0.145. The van der Waals surface area contributed by atoms with Crippen molar-refractivity contribution < 1.29 is 41.3 Å². The van der Waals surface area contributed by atoms with Crippen molar-refractivity contribution in [3.05, 3.63) is 58.4 Å². The van der Waals surface area contributed by atoms with Gasteiger partial charge < -0.3 is 18.9 Å². The summed E-state index contributed by atoms with van der Waals surface area (Å²) in [6.45, 7) is 1.31. The highest BCUT2D eigenvalue weighted by molar-refractivity contribution is 6.22. The zero-order valence-electron chi connectivity index (χ0n) is 18.2. The molecule has 0 saturated carbocycles. The first kappa shape index (κ1) is 26.0. The molecule has 2 unspecified atom stereocenters. The van der Waals surface area contributed by atoms with E-state index in [0.29, 0.717) is 4.57 Å². The predicted molar refractivity (Wildman–Crippen MR) is 114 cm³/mol. The average molecular weight is 520 g/mol. The lowest BCUT2D eigenvalue weighted by atomic mass is 10.1. The molecule has 2 aromatic rings. The molecule has 9 nitrogen and oxygen atoms in total. The fourth-order valence-corrected chi connectivity index (χ4v) is 3.18. The Balaban J connectivity index is 1.95. The summed E-state index contributed by atoms with van der Waals surface area (Å²) < 4.78 is 75.1. The van der Waals surface area contributed by atoms with Crippen molar-refractivity contribution >= 4 is 23.3 Å². The summed E-state index contributed by atoms with van der Waals surface area (Å²) >= 11 is 6.20. The molecule has 0 spiro atoms. The second kappa shape index (κ2) is 10.8. The molecule has 2 heterocycles. The summed E-state index contributed by atoms with van der Waals surface area (Å²) in [7, 11) is 0.977. The summed E-state index contributed by atoms with van der Waals surface area (Å²) in [4.78, 5) is 31.3. The number of alkyl halides is 4. The van der Waals surface area contributed by atoms with Crippen LogP contribution in [0.15, 0.2) is 47.2 Å². The molecule has 1 aliphatic rings. The van der Waals surface area contributed by atoms with Crippen LogP contribution < -0.4 is 19.8 Å². The second-order valence-corrected chi connectivity index (χ2v) is 7.30. The molecule has 0 aliphatic heterocycles. The summed E-state index contributed by atoms with van der Waals surface area (Å²) in [5.41, 5.74) is -3.24. The van der Waals surface area contributed by atoms with E-state index in [0.717, 1.165) is 19.3 Å². The van der Waals surface area contributed by atoms with Gasteiger partial charge in [-0.15, -0.1) is 11.6 Å². The van der Waals surface area contributed by atoms with E-state index >= 15 is 0 Å². The van der Waals surface area contributed by atoms with Crippen molar-refractivity contribution in [1.82, 2.24) is 14.5 Å². The van der Waals surface area contributed by atoms with Crippen LogP contribution in [0.3, 0.4) is 0 Å². The van der Waals surface area contributed by atoms with Gasteiger partial charge in [-0.05, 0) is 31.2 Å². The molecule has 35 heavy (non-hydrogen) atoms. The minimum Gasteiger partial charge on any atom is -0.479 e. The largest absolute Gasteiger partial charge is 0.479 e. The molecule has 0 radical (unpaired) electrons. The number of hydrogen-bond donors (Lipinski definition) is 0. The number of carbonyl (C=O) groups excluding carboxylic acids is 1. The molecule has 2 atom stereocenters. The van der Waals surface area contributed by atoms with Crippen LogP contribution in [0.5, 0.6) is 17.6 Å². The van der Waals surface area contributed by atoms with Gasteiger partial charge in [0, 0.05) is 12.3 Å². The van der Waals surface area contributed by atoms with Crippen molar-refractivity contribution in [3.63, 3.8) is 0 Å². The van der Waals surface area contributed by atoms with Gasteiger partial charge >= 0.3 is 18.2 Å². The van der Waals surface area contributed by atoms with Crippen molar-refractivity contribution in [2.24, 2.45) is 0 Å². The van der Waals surface area contributed by atoms with Crippen molar-refractivity contribution in [2.75, 3.05) is 20.3 Å². The topological polar surface area (TPSA) is 102 Å². The molecule has 14 heteroatoms. The maximum Gasteiger partial charge on any atom is 0.433 e. The molecule has 3 rings (SSSR count). The van der Waals surface area contributed by atoms with Crippen LogP contribution in [0, 0.1) is 0 Å². The van der Waals surface area contributed by atoms with E-state index in [2.05, 4.69) is 9.97 Å². The number of methoxy groups -OCH3 is 1. The Morgan fingerprint density at radius 2 is 2.03 bits per heavy atom. The lowest BCUT2D eigenvalue weighted by Gasteiger charge is -2.25. The van der Waals surface area contributed by atoms with Crippen LogP contribution >= 0.6 is 11.6 Å². The van der Waals surface area contributed by atoms with Gasteiger partial charge in [-0.1, -0.05) is 0 Å². The zero-order chi connectivity index (χ0) is 25.8. The number of hydrogen-bond acceptors (Lipinski definition) is 8. The highest BCUT2D eigenvalue weighted by Gasteiger charge is 2.36. The fraction of sp³-hybridized carbons (Fsp3) is 0.333. The van der Waals surface area contributed by atoms with Gasteiger partial charge in [0.2, 0.25) is 0 Å². The van der Waals surface area contributed by atoms with Gasteiger partial charge in [-0.25, -0.2) is 18.7 Å². The van der Waals surface area contributed by atoms with E-state index in [4.69, 9.17) is 30.5 Å². The van der Waals surface area contributed by atoms with Gasteiger partial charge in [-0.2, -0.15) is 18.2 Å². The molecule has 2 aromatic heterocycles. The van der Waals surface area contributed by atoms with Crippen LogP contribution in [0.1, 0.15) is 12.6 Å². The summed E-state index contributed by atoms with van der Waals surface area (Å²) in [6.07, 6.45) is -2.71. The molecule has 0 amide bonds. The zero-order valence-corrected chi connectivity index (χ0v) is 19.0. The standard InChI is InChI=1S/C21H18ClF4N3O6/c1-3-33-18(31)10-34-19-14(5-4-6-27-19)35-15-8-13(12(23)7-11(15)22)29-17(30)9-16(21(24,25)26)28-20(29)32-2/h4-9,11,15H,3,10H2,1-2H3. The molecule has 188 valence electrons. The highest BCUT2D eigenvalue weighted by Crippen LogP contribution is 2.34. The van der Waals surface area contributed by atoms with Crippen LogP contribution in [0.25, 0.3) is 5.70 Å². The van der Waals surface area contributed by atoms with E-state index < -0.39 is 59.0 Å². The number of pyridine rings is 1. The second-order valence-electron chi connectivity index (χ2n) is 6.79. The van der Waals surface area contributed by atoms with Crippen molar-refractivity contribution in [2.45, 2.75) is 24.6 Å². The van der Waals surface area contributed by atoms with Gasteiger partial charge in [0.15, 0.2) is 18.1 Å². The number of ether oxygens (including phenoxy) is 4. The Morgan fingerprint density at radius 3 is 2.69 bits per heavy atom. The molecule has 0 N–H and O–H groups in total. The Hall–Kier alpha value is -3.61. The first-order chi connectivity index (χ1) is 16.5. The fourth-order valence-electron chi connectivity index (χ4n) is 2.94. The third-order valence-corrected chi connectivity index (χ3v) is 4.79. The number of esters is 1. The number of rotatable bonds is 8. The Morgan fingerprint density at radius 1 is 1.29 bits per heavy atom. The maximum absolute atomic E-state index is 14.8. The van der Waals surface area contributed by atoms with E-state index in [1.807, 2.05) is 0 Å². The summed E-state index contributed by atoms with van der Waals surface area (Å²) in [5.74, 6) is -1.74. The van der Waals surface area contributed by atoms with Crippen molar-refractivity contribution in [3.8, 4) is 17.6 Å². The Bertz CT molecular complexity index is 1210. The van der Waals surface area contributed by atoms with Gasteiger partial charge in [0.25, 0.3) is 11.4 Å². The number of allylic oxidation sites excluding steroid dienone is 2. The molecule has 1 aliphatic carbocycles. The van der Waals surface area contributed by atoms with E-state index in [9.17, 15) is 27.2 Å². The van der Waals surface area contributed by atoms with Crippen LogP contribution in [0.4, 0.5) is 17.6 Å². The minimum atomic E-state index is -4.92. The smallest absolute Gasteiger partial charge is 0.433 e. The quantitative estimate of drug-likeness (QED) is 0.297. The molecule has 0 aromatic carbocycles. The van der Waals surface area contributed by atoms with E-state index in [1.165, 1.54) is 18.3 Å². The first-order valence-corrected chi connectivity index (χ1v) is 10.4. The van der Waals surface area contributed by atoms with Gasteiger partial charge in [-0.3, -0.25) is 4.79 Å².